The van der Waals surface area contributed by atoms with Crippen LogP contribution in [0, 0.1) is 5.92 Å². The van der Waals surface area contributed by atoms with Crippen molar-refractivity contribution in [3.8, 4) is 0 Å². The Labute approximate surface area is 117 Å². The van der Waals surface area contributed by atoms with Crippen LogP contribution in [0.3, 0.4) is 0 Å². The van der Waals surface area contributed by atoms with Crippen molar-refractivity contribution in [2.24, 2.45) is 5.92 Å². The summed E-state index contributed by atoms with van der Waals surface area (Å²) in [7, 11) is 0. The van der Waals surface area contributed by atoms with Crippen molar-refractivity contribution >= 4 is 18.9 Å². The van der Waals surface area contributed by atoms with Crippen LogP contribution in [0.1, 0.15) is 19.3 Å². The SMILES string of the molecule is O=CC1O[C@@H](OCCCCCS)C(O)[C@H]2C(O)[C@@]12O. The molecule has 1 saturated carbocycles. The fraction of sp³-hybridized carbons (Fsp3) is 0.917. The first-order valence-electron chi connectivity index (χ1n) is 6.49. The first-order chi connectivity index (χ1) is 9.07. The zero-order valence-corrected chi connectivity index (χ0v) is 11.4. The number of aliphatic hydroxyl groups is 3. The molecule has 0 aromatic carbocycles. The Morgan fingerprint density at radius 1 is 1.32 bits per heavy atom. The summed E-state index contributed by atoms with van der Waals surface area (Å²) in [6.07, 6.45) is -1.22. The average Bonchev–Trinajstić information content (AvgIpc) is 2.96. The molecule has 2 aliphatic rings. The zero-order chi connectivity index (χ0) is 14.0. The summed E-state index contributed by atoms with van der Waals surface area (Å²) in [5, 5.41) is 29.5. The first-order valence-corrected chi connectivity index (χ1v) is 7.12. The van der Waals surface area contributed by atoms with E-state index in [1.165, 1.54) is 0 Å². The van der Waals surface area contributed by atoms with Gasteiger partial charge in [-0.05, 0) is 18.6 Å². The van der Waals surface area contributed by atoms with E-state index < -0.39 is 36.1 Å². The second kappa shape index (κ2) is 6.07. The van der Waals surface area contributed by atoms with Gasteiger partial charge < -0.3 is 29.6 Å². The molecule has 1 aliphatic carbocycles. The van der Waals surface area contributed by atoms with E-state index in [-0.39, 0.29) is 0 Å². The van der Waals surface area contributed by atoms with Crippen LogP contribution < -0.4 is 0 Å². The molecule has 6 atom stereocenters. The van der Waals surface area contributed by atoms with E-state index in [0.717, 1.165) is 25.0 Å². The highest BCUT2D eigenvalue weighted by Gasteiger charge is 2.75. The molecule has 1 aliphatic heterocycles. The van der Waals surface area contributed by atoms with Gasteiger partial charge in [0.2, 0.25) is 0 Å². The Kier molecular flexibility index (Phi) is 4.86. The lowest BCUT2D eigenvalue weighted by molar-refractivity contribution is -0.259. The summed E-state index contributed by atoms with van der Waals surface area (Å²) >= 11 is 4.10. The maximum absolute atomic E-state index is 10.9. The Morgan fingerprint density at radius 2 is 2.05 bits per heavy atom. The lowest BCUT2D eigenvalue weighted by atomic mass is 10.0. The second-order valence-corrected chi connectivity index (χ2v) is 5.51. The summed E-state index contributed by atoms with van der Waals surface area (Å²) in [4.78, 5) is 10.9. The molecule has 1 heterocycles. The minimum atomic E-state index is -1.66. The Bertz CT molecular complexity index is 327. The lowest BCUT2D eigenvalue weighted by Gasteiger charge is -2.33. The third-order valence-corrected chi connectivity index (χ3v) is 4.15. The largest absolute Gasteiger partial charge is 0.389 e. The summed E-state index contributed by atoms with van der Waals surface area (Å²) < 4.78 is 10.6. The van der Waals surface area contributed by atoms with E-state index in [1.54, 1.807) is 0 Å². The number of thiol groups is 1. The van der Waals surface area contributed by atoms with E-state index in [2.05, 4.69) is 12.6 Å². The highest BCUT2D eigenvalue weighted by atomic mass is 32.1. The van der Waals surface area contributed by atoms with Gasteiger partial charge in [-0.2, -0.15) is 12.6 Å². The number of aliphatic hydroxyl groups excluding tert-OH is 2. The van der Waals surface area contributed by atoms with E-state index in [1.807, 2.05) is 0 Å². The fourth-order valence-corrected chi connectivity index (χ4v) is 2.82. The van der Waals surface area contributed by atoms with Gasteiger partial charge in [0.05, 0.1) is 12.0 Å². The van der Waals surface area contributed by atoms with E-state index in [4.69, 9.17) is 9.47 Å². The van der Waals surface area contributed by atoms with E-state index in [9.17, 15) is 20.1 Å². The van der Waals surface area contributed by atoms with Crippen molar-refractivity contribution in [1.82, 2.24) is 0 Å². The van der Waals surface area contributed by atoms with Crippen LogP contribution in [-0.4, -0.2) is 64.2 Å². The molecule has 7 heteroatoms. The third-order valence-electron chi connectivity index (χ3n) is 3.83. The quantitative estimate of drug-likeness (QED) is 0.276. The van der Waals surface area contributed by atoms with Gasteiger partial charge in [0.25, 0.3) is 0 Å². The zero-order valence-electron chi connectivity index (χ0n) is 10.5. The van der Waals surface area contributed by atoms with Crippen LogP contribution in [0.2, 0.25) is 0 Å². The van der Waals surface area contributed by atoms with Gasteiger partial charge in [-0.25, -0.2) is 0 Å². The fourth-order valence-electron chi connectivity index (χ4n) is 2.59. The molecular weight excluding hydrogens is 272 g/mol. The maximum Gasteiger partial charge on any atom is 0.184 e. The molecule has 6 nitrogen and oxygen atoms in total. The summed E-state index contributed by atoms with van der Waals surface area (Å²) in [6.45, 7) is 0.391. The molecule has 0 bridgehead atoms. The number of aldehydes is 1. The van der Waals surface area contributed by atoms with Gasteiger partial charge in [0.1, 0.15) is 17.8 Å². The molecule has 110 valence electrons. The molecule has 19 heavy (non-hydrogen) atoms. The van der Waals surface area contributed by atoms with Gasteiger partial charge in [0.15, 0.2) is 12.6 Å². The Morgan fingerprint density at radius 3 is 2.68 bits per heavy atom. The van der Waals surface area contributed by atoms with Crippen molar-refractivity contribution in [1.29, 1.82) is 0 Å². The molecule has 0 amide bonds. The normalized spacial score (nSPS) is 44.7. The van der Waals surface area contributed by atoms with Gasteiger partial charge in [0, 0.05) is 6.61 Å². The van der Waals surface area contributed by atoms with Gasteiger partial charge in [-0.15, -0.1) is 0 Å². The summed E-state index contributed by atoms with van der Waals surface area (Å²) in [5.74, 6) is 0.0377. The van der Waals surface area contributed by atoms with Crippen LogP contribution in [0.5, 0.6) is 0 Å². The monoisotopic (exact) mass is 292 g/mol. The smallest absolute Gasteiger partial charge is 0.184 e. The predicted molar refractivity (Wildman–Crippen MR) is 68.8 cm³/mol. The van der Waals surface area contributed by atoms with Crippen LogP contribution in [0.25, 0.3) is 0 Å². The van der Waals surface area contributed by atoms with E-state index >= 15 is 0 Å². The Hall–Kier alpha value is -0.180. The highest BCUT2D eigenvalue weighted by Crippen LogP contribution is 2.53. The van der Waals surface area contributed by atoms with Crippen molar-refractivity contribution < 1.29 is 29.6 Å². The molecule has 0 aromatic rings. The summed E-state index contributed by atoms with van der Waals surface area (Å²) in [6, 6.07) is 0. The number of carbonyl (C=O) groups excluding carboxylic acids is 1. The van der Waals surface area contributed by atoms with Crippen molar-refractivity contribution in [3.63, 3.8) is 0 Å². The van der Waals surface area contributed by atoms with Crippen LogP contribution in [0.15, 0.2) is 0 Å². The van der Waals surface area contributed by atoms with E-state index in [0.29, 0.717) is 12.9 Å². The van der Waals surface area contributed by atoms with Crippen LogP contribution in [0.4, 0.5) is 0 Å². The standard InChI is InChI=1S/C12H20O6S/c13-6-7-12(16)8(10(12)15)9(14)11(18-7)17-4-2-1-3-5-19/h6-11,14-16,19H,1-5H2/t7?,8-,9?,10?,11+,12+/m0/s1. The van der Waals surface area contributed by atoms with Gasteiger partial charge in [-0.1, -0.05) is 6.42 Å². The molecule has 0 aromatic heterocycles. The molecule has 0 radical (unpaired) electrons. The predicted octanol–water partition coefficient (Wildman–Crippen LogP) is -0.890. The first kappa shape index (κ1) is 15.2. The molecular formula is C12H20O6S. The molecule has 3 N–H and O–H groups in total. The number of hydrogen-bond acceptors (Lipinski definition) is 7. The number of fused-ring (bicyclic) bond motifs is 1. The highest BCUT2D eigenvalue weighted by molar-refractivity contribution is 7.80. The number of unbranched alkanes of at least 4 members (excludes halogenated alkanes) is 2. The average molecular weight is 292 g/mol. The van der Waals surface area contributed by atoms with Crippen molar-refractivity contribution in [3.05, 3.63) is 0 Å². The summed E-state index contributed by atoms with van der Waals surface area (Å²) in [5.41, 5.74) is -1.66. The van der Waals surface area contributed by atoms with Crippen LogP contribution >= 0.6 is 12.6 Å². The molecule has 2 rings (SSSR count). The van der Waals surface area contributed by atoms with Gasteiger partial charge >= 0.3 is 0 Å². The lowest BCUT2D eigenvalue weighted by Crippen LogP contribution is -2.50. The molecule has 1 saturated heterocycles. The minimum Gasteiger partial charge on any atom is -0.389 e. The third kappa shape index (κ3) is 2.68. The molecule has 3 unspecified atom stereocenters. The maximum atomic E-state index is 10.9. The Balaban J connectivity index is 1.84. The second-order valence-electron chi connectivity index (χ2n) is 5.06. The topological polar surface area (TPSA) is 96.2 Å². The molecule has 0 spiro atoms. The van der Waals surface area contributed by atoms with Crippen molar-refractivity contribution in [2.75, 3.05) is 12.4 Å². The van der Waals surface area contributed by atoms with Crippen molar-refractivity contribution in [2.45, 2.75) is 49.5 Å². The van der Waals surface area contributed by atoms with Crippen LogP contribution in [-0.2, 0) is 14.3 Å². The minimum absolute atomic E-state index is 0.391. The number of hydrogen-bond donors (Lipinski definition) is 4. The van der Waals surface area contributed by atoms with Gasteiger partial charge in [-0.3, -0.25) is 0 Å². The number of carbonyl (C=O) groups is 1. The number of rotatable bonds is 7. The number of ether oxygens (including phenoxy) is 2. The molecule has 2 fully saturated rings.